The smallest absolute Gasteiger partial charge is 0.333 e. The summed E-state index contributed by atoms with van der Waals surface area (Å²) in [6.45, 7) is -0.390. The average Bonchev–Trinajstić information content (AvgIpc) is 4.23. The first-order valence-electron chi connectivity index (χ1n) is 25.7. The van der Waals surface area contributed by atoms with Crippen LogP contribution >= 0.6 is 0 Å². The number of furan rings is 2. The van der Waals surface area contributed by atoms with Gasteiger partial charge in [0.1, 0.15) is 22.3 Å². The SMILES string of the molecule is c1ccc(N2c3cc4c(cc3B3c5c(cc6oc7ccccc7c6c52)-c2cccc5c6ccccc6n3c25)B2c3c(cc5oc6ccccc6c5c3N4c3ccccc3)-c3cccc4c5ccccc5n2c34)cc1. The molecule has 0 fully saturated rings. The summed E-state index contributed by atoms with van der Waals surface area (Å²) >= 11 is 0. The number of fused-ring (bicyclic) bond motifs is 22. The Morgan fingerprint density at radius 1 is 0.311 bits per heavy atom. The molecule has 4 aromatic heterocycles. The Labute approximate surface area is 423 Å². The minimum Gasteiger partial charge on any atom is -0.456 e. The first-order chi connectivity index (χ1) is 36.8. The first kappa shape index (κ1) is 38.1. The van der Waals surface area contributed by atoms with E-state index in [-0.39, 0.29) is 13.7 Å². The molecule has 0 saturated heterocycles. The maximum atomic E-state index is 6.98. The molecule has 0 amide bonds. The molecule has 8 heterocycles. The fourth-order valence-electron chi connectivity index (χ4n) is 14.5. The Morgan fingerprint density at radius 3 is 1.19 bits per heavy atom. The summed E-state index contributed by atoms with van der Waals surface area (Å²) in [4.78, 5) is 5.15. The van der Waals surface area contributed by atoms with E-state index in [2.05, 4.69) is 237 Å². The molecule has 0 spiro atoms. The van der Waals surface area contributed by atoms with Gasteiger partial charge in [-0.25, -0.2) is 0 Å². The van der Waals surface area contributed by atoms with E-state index in [0.717, 1.165) is 78.0 Å². The van der Waals surface area contributed by atoms with Gasteiger partial charge in [-0.3, -0.25) is 0 Å². The van der Waals surface area contributed by atoms with Gasteiger partial charge in [0.25, 0.3) is 0 Å². The Hall–Kier alpha value is -9.65. The molecule has 0 aliphatic carbocycles. The second kappa shape index (κ2) is 13.2. The lowest BCUT2D eigenvalue weighted by Crippen LogP contribution is -2.61. The predicted molar refractivity (Wildman–Crippen MR) is 308 cm³/mol. The van der Waals surface area contributed by atoms with Crippen LogP contribution in [0.5, 0.6) is 0 Å². The summed E-state index contributed by atoms with van der Waals surface area (Å²) in [5.74, 6) is 0. The van der Waals surface area contributed by atoms with Gasteiger partial charge in [0.05, 0.1) is 22.1 Å². The van der Waals surface area contributed by atoms with Crippen LogP contribution in [-0.4, -0.2) is 22.7 Å². The van der Waals surface area contributed by atoms with E-state index >= 15 is 0 Å². The third-order valence-electron chi connectivity index (χ3n) is 17.2. The number of aromatic nitrogens is 2. The highest BCUT2D eigenvalue weighted by Crippen LogP contribution is 2.54. The lowest BCUT2D eigenvalue weighted by atomic mass is 9.41. The Balaban J connectivity index is 1.04. The van der Waals surface area contributed by atoms with Crippen molar-refractivity contribution in [3.63, 3.8) is 0 Å². The van der Waals surface area contributed by atoms with Gasteiger partial charge in [0, 0.05) is 88.3 Å². The van der Waals surface area contributed by atoms with Crippen LogP contribution in [0, 0.1) is 0 Å². The third kappa shape index (κ3) is 4.42. The maximum Gasteiger partial charge on any atom is 0.333 e. The van der Waals surface area contributed by atoms with Crippen molar-refractivity contribution in [3.8, 4) is 22.3 Å². The largest absolute Gasteiger partial charge is 0.456 e. The predicted octanol–water partition coefficient (Wildman–Crippen LogP) is 14.5. The standard InChI is InChI=1S/C66H36B2N4O2/c1-3-17-37(18-4-1)69-53-36-54-50(35-49(53)67-61-47(33-57-59(65(61)69)45-23-9-13-31-55(45)73-57)43-27-15-25-41-39-21-7-11-29-51(39)71(67)63(41)43)68-62-48(44-28-16-26-42-40-22-8-12-30-52(40)72(68)64(42)44)34-58-60(46-24-10-14-32-56(46)74-58)66(62)70(54)38-19-5-2-6-20-38/h1-36H. The van der Waals surface area contributed by atoms with Gasteiger partial charge in [-0.2, -0.15) is 0 Å². The molecule has 11 aromatic carbocycles. The van der Waals surface area contributed by atoms with Gasteiger partial charge >= 0.3 is 13.7 Å². The highest BCUT2D eigenvalue weighted by atomic mass is 16.3. The normalized spacial score (nSPS) is 13.8. The molecule has 0 radical (unpaired) electrons. The molecule has 4 aliphatic heterocycles. The van der Waals surface area contributed by atoms with Crippen LogP contribution in [0.2, 0.25) is 0 Å². The molecule has 19 rings (SSSR count). The van der Waals surface area contributed by atoms with Gasteiger partial charge in [-0.15, -0.1) is 0 Å². The van der Waals surface area contributed by atoms with E-state index < -0.39 is 0 Å². The highest BCUT2D eigenvalue weighted by molar-refractivity contribution is 6.93. The topological polar surface area (TPSA) is 42.6 Å². The minimum absolute atomic E-state index is 0.195. The number of para-hydroxylation sites is 8. The Bertz CT molecular complexity index is 4750. The van der Waals surface area contributed by atoms with Crippen LogP contribution in [0.15, 0.2) is 227 Å². The summed E-state index contributed by atoms with van der Waals surface area (Å²) in [7, 11) is 0. The van der Waals surface area contributed by atoms with Crippen LogP contribution < -0.4 is 31.7 Å². The zero-order chi connectivity index (χ0) is 47.7. The van der Waals surface area contributed by atoms with Gasteiger partial charge in [-0.1, -0.05) is 152 Å². The van der Waals surface area contributed by atoms with E-state index in [4.69, 9.17) is 8.83 Å². The molecule has 338 valence electrons. The quantitative estimate of drug-likeness (QED) is 0.162. The maximum absolute atomic E-state index is 6.98. The molecule has 15 aromatic rings. The molecule has 0 N–H and O–H groups in total. The van der Waals surface area contributed by atoms with E-state index in [0.29, 0.717) is 0 Å². The molecule has 0 bridgehead atoms. The van der Waals surface area contributed by atoms with Crippen molar-refractivity contribution in [1.82, 2.24) is 8.96 Å². The van der Waals surface area contributed by atoms with Crippen molar-refractivity contribution in [2.75, 3.05) is 9.80 Å². The summed E-state index contributed by atoms with van der Waals surface area (Å²) in [5.41, 5.74) is 25.2. The molecule has 0 unspecified atom stereocenters. The first-order valence-corrected chi connectivity index (χ1v) is 25.7. The highest BCUT2D eigenvalue weighted by Gasteiger charge is 2.49. The minimum atomic E-state index is -0.195. The Kier molecular flexibility index (Phi) is 6.82. The summed E-state index contributed by atoms with van der Waals surface area (Å²) in [6, 6.07) is 80.9. The van der Waals surface area contributed by atoms with E-state index in [9.17, 15) is 0 Å². The lowest BCUT2D eigenvalue weighted by Gasteiger charge is -2.44. The third-order valence-corrected chi connectivity index (χ3v) is 17.2. The number of benzene rings is 11. The summed E-state index contributed by atoms with van der Waals surface area (Å²) < 4.78 is 19.3. The molecule has 4 aliphatic rings. The summed E-state index contributed by atoms with van der Waals surface area (Å²) in [6.07, 6.45) is 0. The second-order valence-corrected chi connectivity index (χ2v) is 20.6. The van der Waals surface area contributed by atoms with Crippen molar-refractivity contribution >= 4 is 157 Å². The van der Waals surface area contributed by atoms with Crippen molar-refractivity contribution in [2.45, 2.75) is 0 Å². The Morgan fingerprint density at radius 2 is 0.716 bits per heavy atom. The fourth-order valence-corrected chi connectivity index (χ4v) is 14.5. The molecular formula is C66H36B2N4O2. The van der Waals surface area contributed by atoms with Crippen molar-refractivity contribution < 1.29 is 8.83 Å². The molecular weight excluding hydrogens is 902 g/mol. The number of nitrogens with zero attached hydrogens (tertiary/aromatic N) is 4. The van der Waals surface area contributed by atoms with Crippen molar-refractivity contribution in [2.24, 2.45) is 0 Å². The average molecular weight is 939 g/mol. The summed E-state index contributed by atoms with van der Waals surface area (Å²) in [5, 5.41) is 9.49. The van der Waals surface area contributed by atoms with Crippen LogP contribution in [0.4, 0.5) is 34.1 Å². The van der Waals surface area contributed by atoms with E-state index in [1.807, 2.05) is 0 Å². The van der Waals surface area contributed by atoms with Crippen molar-refractivity contribution in [3.05, 3.63) is 218 Å². The molecule has 0 atom stereocenters. The van der Waals surface area contributed by atoms with E-state index in [1.54, 1.807) is 0 Å². The van der Waals surface area contributed by atoms with Crippen LogP contribution in [0.1, 0.15) is 0 Å². The van der Waals surface area contributed by atoms with Crippen LogP contribution in [0.3, 0.4) is 0 Å². The molecule has 6 nitrogen and oxygen atoms in total. The number of rotatable bonds is 2. The zero-order valence-corrected chi connectivity index (χ0v) is 39.5. The van der Waals surface area contributed by atoms with E-state index in [1.165, 1.54) is 87.7 Å². The van der Waals surface area contributed by atoms with Crippen LogP contribution in [-0.2, 0) is 0 Å². The van der Waals surface area contributed by atoms with Crippen LogP contribution in [0.25, 0.3) is 110 Å². The van der Waals surface area contributed by atoms with Gasteiger partial charge in [-0.05, 0) is 99.7 Å². The fraction of sp³-hybridized carbons (Fsp3) is 0. The second-order valence-electron chi connectivity index (χ2n) is 20.6. The zero-order valence-electron chi connectivity index (χ0n) is 39.5. The van der Waals surface area contributed by atoms with Crippen molar-refractivity contribution in [1.29, 1.82) is 0 Å². The number of anilines is 6. The number of hydrogen-bond acceptors (Lipinski definition) is 4. The number of hydrogen-bond donors (Lipinski definition) is 0. The van der Waals surface area contributed by atoms with Gasteiger partial charge in [0.2, 0.25) is 0 Å². The molecule has 0 saturated carbocycles. The lowest BCUT2D eigenvalue weighted by molar-refractivity contribution is 0.669. The van der Waals surface area contributed by atoms with Gasteiger partial charge < -0.3 is 27.6 Å². The molecule has 74 heavy (non-hydrogen) atoms. The monoisotopic (exact) mass is 938 g/mol. The van der Waals surface area contributed by atoms with Gasteiger partial charge in [0.15, 0.2) is 0 Å². The molecule has 8 heteroatoms.